The van der Waals surface area contributed by atoms with E-state index < -0.39 is 10.0 Å². The van der Waals surface area contributed by atoms with Crippen molar-refractivity contribution >= 4 is 38.7 Å². The van der Waals surface area contributed by atoms with Crippen molar-refractivity contribution in [2.24, 2.45) is 0 Å². The molecule has 4 rings (SSSR count). The molecule has 0 bridgehead atoms. The topological polar surface area (TPSA) is 108 Å². The summed E-state index contributed by atoms with van der Waals surface area (Å²) in [7, 11) is -3.52. The van der Waals surface area contributed by atoms with Gasteiger partial charge in [0.25, 0.3) is 0 Å². The number of anilines is 5. The van der Waals surface area contributed by atoms with Crippen molar-refractivity contribution in [3.05, 3.63) is 60.7 Å². The third-order valence-electron chi connectivity index (χ3n) is 6.09. The van der Waals surface area contributed by atoms with Gasteiger partial charge >= 0.3 is 0 Å². The number of hydrogen-bond donors (Lipinski definition) is 2. The third-order valence-corrected chi connectivity index (χ3v) is 8.16. The van der Waals surface area contributed by atoms with Crippen LogP contribution < -0.4 is 20.9 Å². The molecule has 0 spiro atoms. The van der Waals surface area contributed by atoms with Crippen LogP contribution in [0.25, 0.3) is 0 Å². The normalized spacial score (nSPS) is 14.4. The molecule has 0 amide bonds. The number of nitrogen functional groups attached to an aromatic ring is 1. The summed E-state index contributed by atoms with van der Waals surface area (Å²) >= 11 is 0. The standard InChI is InChI=1S/C24H30FN7O2S/c1-3-32(4-2)35(33,34)21-11-7-19(8-12-21)29-23-22(26)24(28-17-27-23)31-15-13-30(14-16-31)20-9-5-18(25)6-10-20/h5-12,17H,3-4,13-16,26H2,1-2H3,(H,27,28,29). The molecule has 1 aromatic heterocycles. The Hall–Kier alpha value is -3.44. The fourth-order valence-electron chi connectivity index (χ4n) is 4.13. The average molecular weight is 500 g/mol. The Labute approximate surface area is 205 Å². The van der Waals surface area contributed by atoms with Gasteiger partial charge in [-0.15, -0.1) is 0 Å². The summed E-state index contributed by atoms with van der Waals surface area (Å²) in [5, 5.41) is 3.17. The van der Waals surface area contributed by atoms with E-state index in [1.807, 2.05) is 13.8 Å². The number of halogens is 1. The predicted molar refractivity (Wildman–Crippen MR) is 137 cm³/mol. The number of nitrogens with zero attached hydrogens (tertiary/aromatic N) is 5. The minimum Gasteiger partial charge on any atom is -0.393 e. The molecule has 3 N–H and O–H groups in total. The minimum atomic E-state index is -3.52. The van der Waals surface area contributed by atoms with E-state index in [1.165, 1.54) is 22.8 Å². The average Bonchev–Trinajstić information content (AvgIpc) is 2.87. The number of hydrogen-bond acceptors (Lipinski definition) is 8. The minimum absolute atomic E-state index is 0.238. The maximum absolute atomic E-state index is 13.2. The lowest BCUT2D eigenvalue weighted by atomic mass is 10.2. The highest BCUT2D eigenvalue weighted by molar-refractivity contribution is 7.89. The quantitative estimate of drug-likeness (QED) is 0.486. The van der Waals surface area contributed by atoms with Crippen molar-refractivity contribution < 1.29 is 12.8 Å². The lowest BCUT2D eigenvalue weighted by Crippen LogP contribution is -2.47. The van der Waals surface area contributed by atoms with E-state index in [4.69, 9.17) is 5.73 Å². The monoisotopic (exact) mass is 499 g/mol. The zero-order chi connectivity index (χ0) is 25.0. The molecule has 11 heteroatoms. The van der Waals surface area contributed by atoms with Crippen LogP contribution in [-0.2, 0) is 10.0 Å². The Balaban J connectivity index is 1.45. The first kappa shape index (κ1) is 24.7. The van der Waals surface area contributed by atoms with Gasteiger partial charge in [-0.3, -0.25) is 0 Å². The van der Waals surface area contributed by atoms with Gasteiger partial charge in [-0.1, -0.05) is 13.8 Å². The van der Waals surface area contributed by atoms with Gasteiger partial charge in [-0.05, 0) is 48.5 Å². The van der Waals surface area contributed by atoms with Crippen molar-refractivity contribution in [1.82, 2.24) is 14.3 Å². The number of aromatic nitrogens is 2. The first-order valence-electron chi connectivity index (χ1n) is 11.6. The first-order valence-corrected chi connectivity index (χ1v) is 13.0. The summed E-state index contributed by atoms with van der Waals surface area (Å²) in [6, 6.07) is 13.0. The fraction of sp³-hybridized carbons (Fsp3) is 0.333. The van der Waals surface area contributed by atoms with Crippen LogP contribution in [0.2, 0.25) is 0 Å². The largest absolute Gasteiger partial charge is 0.393 e. The zero-order valence-corrected chi connectivity index (χ0v) is 20.7. The van der Waals surface area contributed by atoms with E-state index in [2.05, 4.69) is 25.1 Å². The molecule has 1 fully saturated rings. The molecular formula is C24H30FN7O2S. The summed E-state index contributed by atoms with van der Waals surface area (Å²) < 4.78 is 40.0. The summed E-state index contributed by atoms with van der Waals surface area (Å²) in [5.74, 6) is 0.846. The lowest BCUT2D eigenvalue weighted by Gasteiger charge is -2.37. The SMILES string of the molecule is CCN(CC)S(=O)(=O)c1ccc(Nc2ncnc(N3CCN(c4ccc(F)cc4)CC3)c2N)cc1. The van der Waals surface area contributed by atoms with Gasteiger partial charge in [-0.25, -0.2) is 22.8 Å². The molecule has 2 heterocycles. The lowest BCUT2D eigenvalue weighted by molar-refractivity contribution is 0.445. The summed E-state index contributed by atoms with van der Waals surface area (Å²) in [4.78, 5) is 13.2. The van der Waals surface area contributed by atoms with Crippen molar-refractivity contribution in [2.75, 3.05) is 60.1 Å². The second kappa shape index (κ2) is 10.4. The number of rotatable bonds is 8. The highest BCUT2D eigenvalue weighted by Crippen LogP contribution is 2.30. The number of sulfonamides is 1. The molecule has 9 nitrogen and oxygen atoms in total. The van der Waals surface area contributed by atoms with Gasteiger partial charge in [0.05, 0.1) is 4.90 Å². The fourth-order valence-corrected chi connectivity index (χ4v) is 5.58. The molecular weight excluding hydrogens is 469 g/mol. The van der Waals surface area contributed by atoms with Crippen LogP contribution >= 0.6 is 0 Å². The third kappa shape index (κ3) is 5.30. The van der Waals surface area contributed by atoms with E-state index in [-0.39, 0.29) is 10.7 Å². The van der Waals surface area contributed by atoms with E-state index in [1.54, 1.807) is 36.4 Å². The van der Waals surface area contributed by atoms with E-state index in [9.17, 15) is 12.8 Å². The molecule has 1 aliphatic rings. The molecule has 1 aliphatic heterocycles. The molecule has 0 atom stereocenters. The first-order chi connectivity index (χ1) is 16.8. The van der Waals surface area contributed by atoms with Crippen LogP contribution in [0.3, 0.4) is 0 Å². The maximum atomic E-state index is 13.2. The number of piperazine rings is 1. The van der Waals surface area contributed by atoms with E-state index >= 15 is 0 Å². The van der Waals surface area contributed by atoms with Crippen molar-refractivity contribution in [2.45, 2.75) is 18.7 Å². The summed E-state index contributed by atoms with van der Waals surface area (Å²) in [6.07, 6.45) is 1.46. The molecule has 2 aromatic carbocycles. The Morgan fingerprint density at radius 3 is 2.14 bits per heavy atom. The molecule has 3 aromatic rings. The second-order valence-electron chi connectivity index (χ2n) is 8.15. The van der Waals surface area contributed by atoms with Crippen LogP contribution in [0.4, 0.5) is 33.1 Å². The summed E-state index contributed by atoms with van der Waals surface area (Å²) in [6.45, 7) is 7.37. The van der Waals surface area contributed by atoms with Gasteiger partial charge in [0.1, 0.15) is 17.8 Å². The van der Waals surface area contributed by atoms with Crippen LogP contribution in [0.5, 0.6) is 0 Å². The summed E-state index contributed by atoms with van der Waals surface area (Å²) in [5.41, 5.74) is 8.48. The highest BCUT2D eigenvalue weighted by Gasteiger charge is 2.23. The van der Waals surface area contributed by atoms with E-state index in [0.717, 1.165) is 18.8 Å². The number of benzene rings is 2. The molecule has 0 radical (unpaired) electrons. The Bertz CT molecular complexity index is 1240. The highest BCUT2D eigenvalue weighted by atomic mass is 32.2. The van der Waals surface area contributed by atoms with Crippen LogP contribution in [0.1, 0.15) is 13.8 Å². The van der Waals surface area contributed by atoms with Gasteiger partial charge in [-0.2, -0.15) is 4.31 Å². The van der Waals surface area contributed by atoms with Gasteiger partial charge in [0, 0.05) is 50.6 Å². The molecule has 0 aliphatic carbocycles. The number of nitrogens with two attached hydrogens (primary N) is 1. The Morgan fingerprint density at radius 1 is 0.943 bits per heavy atom. The van der Waals surface area contributed by atoms with Gasteiger partial charge < -0.3 is 20.9 Å². The van der Waals surface area contributed by atoms with Crippen LogP contribution in [-0.4, -0.2) is 62.0 Å². The van der Waals surface area contributed by atoms with Crippen LogP contribution in [0, 0.1) is 5.82 Å². The molecule has 0 unspecified atom stereocenters. The van der Waals surface area contributed by atoms with Gasteiger partial charge in [0.2, 0.25) is 10.0 Å². The van der Waals surface area contributed by atoms with Crippen LogP contribution in [0.15, 0.2) is 59.8 Å². The van der Waals surface area contributed by atoms with Gasteiger partial charge in [0.15, 0.2) is 11.6 Å². The Morgan fingerprint density at radius 2 is 1.54 bits per heavy atom. The zero-order valence-electron chi connectivity index (χ0n) is 19.9. The maximum Gasteiger partial charge on any atom is 0.243 e. The predicted octanol–water partition coefficient (Wildman–Crippen LogP) is 3.30. The Kier molecular flexibility index (Phi) is 7.37. The number of nitrogens with one attached hydrogen (secondary N) is 1. The van der Waals surface area contributed by atoms with Crippen molar-refractivity contribution in [3.8, 4) is 0 Å². The molecule has 0 saturated carbocycles. The second-order valence-corrected chi connectivity index (χ2v) is 10.1. The smallest absolute Gasteiger partial charge is 0.243 e. The van der Waals surface area contributed by atoms with Crippen molar-refractivity contribution in [1.29, 1.82) is 0 Å². The molecule has 1 saturated heterocycles. The molecule has 35 heavy (non-hydrogen) atoms. The van der Waals surface area contributed by atoms with E-state index in [0.29, 0.717) is 49.2 Å². The van der Waals surface area contributed by atoms with Crippen molar-refractivity contribution in [3.63, 3.8) is 0 Å². The molecule has 186 valence electrons.